The number of hydrogen-bond donors (Lipinski definition) is 2. The van der Waals surface area contributed by atoms with Crippen LogP contribution in [-0.4, -0.2) is 23.1 Å². The first-order chi connectivity index (χ1) is 10.5. The van der Waals surface area contributed by atoms with E-state index >= 15 is 0 Å². The molecule has 0 aliphatic rings. The molecule has 1 amide bonds. The Bertz CT molecular complexity index is 716. The van der Waals surface area contributed by atoms with E-state index in [9.17, 15) is 14.9 Å². The predicted molar refractivity (Wildman–Crippen MR) is 87.7 cm³/mol. The Labute approximate surface area is 135 Å². The highest BCUT2D eigenvalue weighted by molar-refractivity contribution is 7.80. The fraction of sp³-hybridized carbons (Fsp3) is 0.0769. The Hall–Kier alpha value is -2.52. The minimum Gasteiger partial charge on any atom is -0.496 e. The molecule has 114 valence electrons. The number of nitrogens with zero attached hydrogens (tertiary/aromatic N) is 1. The van der Waals surface area contributed by atoms with Crippen LogP contribution in [0.3, 0.4) is 0 Å². The number of carbonyl (C=O) groups is 1. The number of ether oxygens (including phenoxy) is 1. The maximum atomic E-state index is 11.8. The number of nitro benzene ring substituents is 1. The Morgan fingerprint density at radius 2 is 2.18 bits per heavy atom. The van der Waals surface area contributed by atoms with E-state index in [0.29, 0.717) is 10.6 Å². The summed E-state index contributed by atoms with van der Waals surface area (Å²) in [6, 6.07) is 7.68. The van der Waals surface area contributed by atoms with Gasteiger partial charge in [0.15, 0.2) is 5.11 Å². The van der Waals surface area contributed by atoms with Crippen LogP contribution in [0.5, 0.6) is 5.75 Å². The molecule has 2 N–H and O–H groups in total. The summed E-state index contributed by atoms with van der Waals surface area (Å²) in [5, 5.41) is 17.9. The highest BCUT2D eigenvalue weighted by atomic mass is 32.1. The molecule has 1 heterocycles. The highest BCUT2D eigenvalue weighted by Crippen LogP contribution is 2.28. The van der Waals surface area contributed by atoms with E-state index in [1.165, 1.54) is 30.6 Å². The van der Waals surface area contributed by atoms with Crippen LogP contribution in [0.15, 0.2) is 35.7 Å². The number of thiocarbonyl (C=S) groups is 1. The Balaban J connectivity index is 2.11. The van der Waals surface area contributed by atoms with Crippen molar-refractivity contribution < 1.29 is 14.5 Å². The minimum absolute atomic E-state index is 0.0216. The van der Waals surface area contributed by atoms with Crippen molar-refractivity contribution in [3.63, 3.8) is 0 Å². The second-order valence-corrected chi connectivity index (χ2v) is 5.38. The lowest BCUT2D eigenvalue weighted by atomic mass is 10.2. The van der Waals surface area contributed by atoms with Gasteiger partial charge in [0.05, 0.1) is 23.0 Å². The summed E-state index contributed by atoms with van der Waals surface area (Å²) in [6.45, 7) is 0. The van der Waals surface area contributed by atoms with Gasteiger partial charge in [0.1, 0.15) is 11.4 Å². The van der Waals surface area contributed by atoms with Gasteiger partial charge in [-0.3, -0.25) is 20.2 Å². The van der Waals surface area contributed by atoms with Crippen LogP contribution in [0, 0.1) is 10.1 Å². The number of anilines is 1. The van der Waals surface area contributed by atoms with Gasteiger partial charge in [0, 0.05) is 0 Å². The lowest BCUT2D eigenvalue weighted by molar-refractivity contribution is -0.384. The van der Waals surface area contributed by atoms with Gasteiger partial charge >= 0.3 is 0 Å². The molecule has 0 saturated carbocycles. The van der Waals surface area contributed by atoms with Crippen LogP contribution in [0.2, 0.25) is 0 Å². The summed E-state index contributed by atoms with van der Waals surface area (Å²) < 4.78 is 4.95. The molecule has 0 aliphatic carbocycles. The van der Waals surface area contributed by atoms with Crippen LogP contribution in [0.1, 0.15) is 9.67 Å². The summed E-state index contributed by atoms with van der Waals surface area (Å²) in [4.78, 5) is 22.8. The van der Waals surface area contributed by atoms with E-state index in [1.54, 1.807) is 23.6 Å². The molecule has 0 radical (unpaired) electrons. The third kappa shape index (κ3) is 3.77. The monoisotopic (exact) mass is 337 g/mol. The van der Waals surface area contributed by atoms with Gasteiger partial charge in [-0.1, -0.05) is 6.07 Å². The summed E-state index contributed by atoms with van der Waals surface area (Å²) in [5.41, 5.74) is -0.0330. The first-order valence-electron chi connectivity index (χ1n) is 5.99. The van der Waals surface area contributed by atoms with Crippen molar-refractivity contribution in [1.82, 2.24) is 5.32 Å². The van der Waals surface area contributed by atoms with Crippen LogP contribution in [0.4, 0.5) is 11.4 Å². The molecular weight excluding hydrogens is 326 g/mol. The average Bonchev–Trinajstić information content (AvgIpc) is 3.01. The molecule has 0 unspecified atom stereocenters. The molecule has 7 nitrogen and oxygen atoms in total. The molecule has 22 heavy (non-hydrogen) atoms. The van der Waals surface area contributed by atoms with Crippen LogP contribution < -0.4 is 15.4 Å². The summed E-state index contributed by atoms with van der Waals surface area (Å²) in [7, 11) is 1.41. The fourth-order valence-corrected chi connectivity index (χ4v) is 2.44. The molecule has 2 aromatic rings. The number of thiophene rings is 1. The number of nitrogens with one attached hydrogen (secondary N) is 2. The van der Waals surface area contributed by atoms with Crippen LogP contribution in [0.25, 0.3) is 0 Å². The number of amides is 1. The number of benzene rings is 1. The van der Waals surface area contributed by atoms with E-state index in [-0.39, 0.29) is 22.4 Å². The van der Waals surface area contributed by atoms with E-state index in [1.807, 2.05) is 0 Å². The first kappa shape index (κ1) is 15.9. The Morgan fingerprint density at radius 1 is 1.41 bits per heavy atom. The maximum Gasteiger partial charge on any atom is 0.296 e. The van der Waals surface area contributed by atoms with E-state index in [4.69, 9.17) is 17.0 Å². The zero-order valence-electron chi connectivity index (χ0n) is 11.4. The molecule has 0 fully saturated rings. The lowest BCUT2D eigenvalue weighted by Gasteiger charge is -2.10. The first-order valence-corrected chi connectivity index (χ1v) is 7.28. The molecular formula is C13H11N3O4S2. The topological polar surface area (TPSA) is 93.5 Å². The molecule has 1 aromatic heterocycles. The minimum atomic E-state index is -0.561. The zero-order chi connectivity index (χ0) is 16.1. The van der Waals surface area contributed by atoms with E-state index in [0.717, 1.165) is 0 Å². The zero-order valence-corrected chi connectivity index (χ0v) is 13.0. The molecule has 1 aromatic carbocycles. The van der Waals surface area contributed by atoms with Gasteiger partial charge in [0.2, 0.25) is 0 Å². The largest absolute Gasteiger partial charge is 0.496 e. The molecule has 0 saturated heterocycles. The van der Waals surface area contributed by atoms with Gasteiger partial charge in [-0.25, -0.2) is 0 Å². The number of rotatable bonds is 4. The van der Waals surface area contributed by atoms with Crippen LogP contribution >= 0.6 is 23.6 Å². The second-order valence-electron chi connectivity index (χ2n) is 4.03. The number of hydrogen-bond acceptors (Lipinski definition) is 6. The third-order valence-electron chi connectivity index (χ3n) is 2.62. The number of carbonyl (C=O) groups excluding carboxylic acids is 1. The molecule has 0 aliphatic heterocycles. The van der Waals surface area contributed by atoms with Crippen molar-refractivity contribution in [3.05, 3.63) is 50.7 Å². The smallest absolute Gasteiger partial charge is 0.296 e. The highest BCUT2D eigenvalue weighted by Gasteiger charge is 2.17. The molecule has 0 spiro atoms. The van der Waals surface area contributed by atoms with Crippen molar-refractivity contribution >= 4 is 45.9 Å². The van der Waals surface area contributed by atoms with Gasteiger partial charge in [-0.15, -0.1) is 11.3 Å². The van der Waals surface area contributed by atoms with Crippen molar-refractivity contribution in [1.29, 1.82) is 0 Å². The fourth-order valence-electron chi connectivity index (χ4n) is 1.62. The number of nitro groups is 1. The average molecular weight is 337 g/mol. The second kappa shape index (κ2) is 6.96. The molecule has 0 bridgehead atoms. The predicted octanol–water partition coefficient (Wildman–Crippen LogP) is 2.79. The van der Waals surface area contributed by atoms with Crippen molar-refractivity contribution in [2.45, 2.75) is 0 Å². The SMILES string of the molecule is COc1ccc(NC(=S)NC(=O)c2cccs2)c([N+](=O)[O-])c1. The summed E-state index contributed by atoms with van der Waals surface area (Å²) in [6.07, 6.45) is 0. The van der Waals surface area contributed by atoms with Gasteiger partial charge < -0.3 is 10.1 Å². The standard InChI is InChI=1S/C13H11N3O4S2/c1-20-8-4-5-9(10(7-8)16(18)19)14-13(21)15-12(17)11-3-2-6-22-11/h2-7H,1H3,(H2,14,15,17,21). The molecule has 2 rings (SSSR count). The van der Waals surface area contributed by atoms with Crippen molar-refractivity contribution in [2.75, 3.05) is 12.4 Å². The van der Waals surface area contributed by atoms with Gasteiger partial charge in [0.25, 0.3) is 11.6 Å². The maximum absolute atomic E-state index is 11.8. The van der Waals surface area contributed by atoms with Crippen LogP contribution in [-0.2, 0) is 0 Å². The Kier molecular flexibility index (Phi) is 5.02. The van der Waals surface area contributed by atoms with Gasteiger partial charge in [-0.05, 0) is 35.8 Å². The van der Waals surface area contributed by atoms with Crippen molar-refractivity contribution in [3.8, 4) is 5.75 Å². The lowest BCUT2D eigenvalue weighted by Crippen LogP contribution is -2.33. The normalized spacial score (nSPS) is 9.86. The third-order valence-corrected chi connectivity index (χ3v) is 3.69. The van der Waals surface area contributed by atoms with E-state index < -0.39 is 4.92 Å². The summed E-state index contributed by atoms with van der Waals surface area (Å²) in [5.74, 6) is -0.0190. The van der Waals surface area contributed by atoms with Crippen molar-refractivity contribution in [2.24, 2.45) is 0 Å². The van der Waals surface area contributed by atoms with Gasteiger partial charge in [-0.2, -0.15) is 0 Å². The number of methoxy groups -OCH3 is 1. The Morgan fingerprint density at radius 3 is 2.77 bits per heavy atom. The molecule has 9 heteroatoms. The quantitative estimate of drug-likeness (QED) is 0.506. The molecule has 0 atom stereocenters. The summed E-state index contributed by atoms with van der Waals surface area (Å²) >= 11 is 6.27. The van der Waals surface area contributed by atoms with E-state index in [2.05, 4.69) is 10.6 Å².